The second-order valence-electron chi connectivity index (χ2n) is 2.86. The zero-order chi connectivity index (χ0) is 8.36. The van der Waals surface area contributed by atoms with Crippen LogP contribution in [0.2, 0.25) is 0 Å². The van der Waals surface area contributed by atoms with Gasteiger partial charge in [-0.15, -0.1) is 0 Å². The van der Waals surface area contributed by atoms with E-state index in [9.17, 15) is 13.6 Å². The number of hydrogen-bond donors (Lipinski definition) is 0. The highest BCUT2D eigenvalue weighted by molar-refractivity contribution is 5.55. The third-order valence-electron chi connectivity index (χ3n) is 1.45. The molecule has 0 saturated carbocycles. The summed E-state index contributed by atoms with van der Waals surface area (Å²) in [6.07, 6.45) is 0.324. The van der Waals surface area contributed by atoms with Crippen molar-refractivity contribution in [3.8, 4) is 0 Å². The molecule has 0 N–H and O–H groups in total. The van der Waals surface area contributed by atoms with Gasteiger partial charge in [-0.1, -0.05) is 13.8 Å². The van der Waals surface area contributed by atoms with Gasteiger partial charge in [0.25, 0.3) is 5.92 Å². The van der Waals surface area contributed by atoms with Crippen LogP contribution in [0.3, 0.4) is 0 Å². The van der Waals surface area contributed by atoms with Gasteiger partial charge >= 0.3 is 0 Å². The molecule has 0 aliphatic rings. The Bertz CT molecular complexity index is 115. The van der Waals surface area contributed by atoms with Crippen LogP contribution in [-0.2, 0) is 4.79 Å². The molecule has 1 unspecified atom stereocenters. The van der Waals surface area contributed by atoms with E-state index in [-0.39, 0.29) is 5.92 Å². The Kier molecular flexibility index (Phi) is 2.94. The zero-order valence-electron chi connectivity index (χ0n) is 6.40. The first kappa shape index (κ1) is 9.53. The van der Waals surface area contributed by atoms with Gasteiger partial charge in [0.05, 0.1) is 5.92 Å². The van der Waals surface area contributed by atoms with Gasteiger partial charge < -0.3 is 4.79 Å². The molecule has 0 aromatic carbocycles. The van der Waals surface area contributed by atoms with Crippen LogP contribution < -0.4 is 0 Å². The average molecular weight is 150 g/mol. The van der Waals surface area contributed by atoms with Crippen molar-refractivity contribution in [1.82, 2.24) is 0 Å². The summed E-state index contributed by atoms with van der Waals surface area (Å²) in [4.78, 5) is 10.1. The van der Waals surface area contributed by atoms with Crippen LogP contribution in [0.15, 0.2) is 0 Å². The highest BCUT2D eigenvalue weighted by Gasteiger charge is 2.35. The molecule has 10 heavy (non-hydrogen) atoms. The number of hydrogen-bond acceptors (Lipinski definition) is 1. The van der Waals surface area contributed by atoms with E-state index in [4.69, 9.17) is 0 Å². The lowest BCUT2D eigenvalue weighted by molar-refractivity contribution is -0.126. The Morgan fingerprint density at radius 2 is 1.80 bits per heavy atom. The van der Waals surface area contributed by atoms with Crippen LogP contribution >= 0.6 is 0 Å². The number of rotatable bonds is 3. The van der Waals surface area contributed by atoms with Gasteiger partial charge in [-0.05, 0) is 5.92 Å². The minimum Gasteiger partial charge on any atom is -0.303 e. The summed E-state index contributed by atoms with van der Waals surface area (Å²) in [5.41, 5.74) is 0. The summed E-state index contributed by atoms with van der Waals surface area (Å²) in [5.74, 6) is -4.32. The molecule has 0 bridgehead atoms. The SMILES string of the molecule is CC(C)C(C=O)C(C)(F)F. The van der Waals surface area contributed by atoms with Gasteiger partial charge in [0, 0.05) is 6.92 Å². The molecule has 0 saturated heterocycles. The van der Waals surface area contributed by atoms with Gasteiger partial charge in [0.1, 0.15) is 6.29 Å². The zero-order valence-corrected chi connectivity index (χ0v) is 6.40. The molecule has 1 nitrogen and oxygen atoms in total. The van der Waals surface area contributed by atoms with Gasteiger partial charge in [-0.25, -0.2) is 8.78 Å². The summed E-state index contributed by atoms with van der Waals surface area (Å²) in [5, 5.41) is 0. The minimum atomic E-state index is -2.88. The number of aldehydes is 1. The van der Waals surface area contributed by atoms with Crippen LogP contribution in [0.4, 0.5) is 8.78 Å². The third kappa shape index (κ3) is 2.42. The monoisotopic (exact) mass is 150 g/mol. The molecule has 0 fully saturated rings. The third-order valence-corrected chi connectivity index (χ3v) is 1.45. The first-order chi connectivity index (χ1) is 4.39. The summed E-state index contributed by atoms with van der Waals surface area (Å²) in [7, 11) is 0. The molecule has 60 valence electrons. The van der Waals surface area contributed by atoms with Crippen LogP contribution in [-0.4, -0.2) is 12.2 Å². The highest BCUT2D eigenvalue weighted by Crippen LogP contribution is 2.27. The van der Waals surface area contributed by atoms with Gasteiger partial charge in [0.2, 0.25) is 0 Å². The Balaban J connectivity index is 4.21. The second kappa shape index (κ2) is 3.08. The predicted molar refractivity (Wildman–Crippen MR) is 35.0 cm³/mol. The van der Waals surface area contributed by atoms with Gasteiger partial charge in [-0.2, -0.15) is 0 Å². The Morgan fingerprint density at radius 1 is 1.40 bits per heavy atom. The Morgan fingerprint density at radius 3 is 1.80 bits per heavy atom. The van der Waals surface area contributed by atoms with Crippen molar-refractivity contribution in [3.63, 3.8) is 0 Å². The number of carbonyl (C=O) groups is 1. The molecule has 0 heterocycles. The van der Waals surface area contributed by atoms with Crippen molar-refractivity contribution >= 4 is 6.29 Å². The van der Waals surface area contributed by atoms with E-state index in [1.807, 2.05) is 0 Å². The van der Waals surface area contributed by atoms with Crippen LogP contribution in [0.25, 0.3) is 0 Å². The van der Waals surface area contributed by atoms with E-state index in [1.54, 1.807) is 13.8 Å². The second-order valence-corrected chi connectivity index (χ2v) is 2.86. The first-order valence-electron chi connectivity index (χ1n) is 3.22. The quantitative estimate of drug-likeness (QED) is 0.563. The molecular formula is C7H12F2O. The largest absolute Gasteiger partial charge is 0.303 e. The summed E-state index contributed by atoms with van der Waals surface area (Å²) < 4.78 is 24.8. The Labute approximate surface area is 59.4 Å². The topological polar surface area (TPSA) is 17.1 Å². The van der Waals surface area contributed by atoms with Crippen molar-refractivity contribution in [3.05, 3.63) is 0 Å². The average Bonchev–Trinajstić information content (AvgIpc) is 1.60. The van der Waals surface area contributed by atoms with Crippen molar-refractivity contribution < 1.29 is 13.6 Å². The van der Waals surface area contributed by atoms with Crippen LogP contribution in [0.5, 0.6) is 0 Å². The summed E-state index contributed by atoms with van der Waals surface area (Å²) >= 11 is 0. The minimum absolute atomic E-state index is 0.294. The van der Waals surface area contributed by atoms with E-state index in [0.29, 0.717) is 6.29 Å². The maximum atomic E-state index is 12.4. The molecule has 0 aliphatic carbocycles. The molecule has 0 amide bonds. The van der Waals surface area contributed by atoms with E-state index >= 15 is 0 Å². The van der Waals surface area contributed by atoms with Crippen LogP contribution in [0, 0.1) is 11.8 Å². The maximum Gasteiger partial charge on any atom is 0.254 e. The van der Waals surface area contributed by atoms with E-state index in [2.05, 4.69) is 0 Å². The van der Waals surface area contributed by atoms with Crippen molar-refractivity contribution in [2.45, 2.75) is 26.7 Å². The predicted octanol–water partition coefficient (Wildman–Crippen LogP) is 2.11. The molecule has 0 radical (unpaired) electrons. The fraction of sp³-hybridized carbons (Fsp3) is 0.857. The number of halogens is 2. The fourth-order valence-electron chi connectivity index (χ4n) is 0.862. The van der Waals surface area contributed by atoms with Crippen LogP contribution in [0.1, 0.15) is 20.8 Å². The number of alkyl halides is 2. The van der Waals surface area contributed by atoms with E-state index < -0.39 is 11.8 Å². The molecule has 0 aromatic heterocycles. The lowest BCUT2D eigenvalue weighted by Crippen LogP contribution is -2.29. The standard InChI is InChI=1S/C7H12F2O/c1-5(2)6(4-10)7(3,8)9/h4-6H,1-3H3. The number of carbonyl (C=O) groups excluding carboxylic acids is 1. The van der Waals surface area contributed by atoms with Crippen molar-refractivity contribution in [2.24, 2.45) is 11.8 Å². The van der Waals surface area contributed by atoms with E-state index in [1.165, 1.54) is 0 Å². The molecule has 3 heteroatoms. The molecule has 0 spiro atoms. The highest BCUT2D eigenvalue weighted by atomic mass is 19.3. The summed E-state index contributed by atoms with van der Waals surface area (Å²) in [6, 6.07) is 0. The molecule has 1 atom stereocenters. The van der Waals surface area contributed by atoms with Crippen molar-refractivity contribution in [1.29, 1.82) is 0 Å². The lowest BCUT2D eigenvalue weighted by Gasteiger charge is -2.20. The summed E-state index contributed by atoms with van der Waals surface area (Å²) in [6.45, 7) is 3.99. The van der Waals surface area contributed by atoms with E-state index in [0.717, 1.165) is 6.92 Å². The first-order valence-corrected chi connectivity index (χ1v) is 3.22. The maximum absolute atomic E-state index is 12.4. The molecule has 0 rings (SSSR count). The van der Waals surface area contributed by atoms with Gasteiger partial charge in [-0.3, -0.25) is 0 Å². The smallest absolute Gasteiger partial charge is 0.254 e. The molecule has 0 aromatic rings. The normalized spacial score (nSPS) is 15.4. The molecule has 0 aliphatic heterocycles. The fourth-order valence-corrected chi connectivity index (χ4v) is 0.862. The van der Waals surface area contributed by atoms with Crippen molar-refractivity contribution in [2.75, 3.05) is 0 Å². The van der Waals surface area contributed by atoms with Gasteiger partial charge in [0.15, 0.2) is 0 Å². The Hall–Kier alpha value is -0.470. The lowest BCUT2D eigenvalue weighted by atomic mass is 9.92. The molecular weight excluding hydrogens is 138 g/mol.